The maximum Gasteiger partial charge on any atom is 0.136 e. The van der Waals surface area contributed by atoms with Crippen molar-refractivity contribution in [3.05, 3.63) is 36.1 Å². The first kappa shape index (κ1) is 8.10. The summed E-state index contributed by atoms with van der Waals surface area (Å²) in [7, 11) is 0. The lowest BCUT2D eigenvalue weighted by atomic mass is 10.0. The summed E-state index contributed by atoms with van der Waals surface area (Å²) >= 11 is 0. The van der Waals surface area contributed by atoms with Gasteiger partial charge in [-0.25, -0.2) is 9.97 Å². The molecule has 0 N–H and O–H groups in total. The molecule has 1 aromatic heterocycles. The maximum absolute atomic E-state index is 4.24. The average Bonchev–Trinajstić information content (AvgIpc) is 2.20. The first-order valence-corrected chi connectivity index (χ1v) is 4.34. The SMILES string of the molecule is CC1=CCC(c2ncccn2)C=N1. The minimum absolute atomic E-state index is 0.255. The summed E-state index contributed by atoms with van der Waals surface area (Å²) in [6, 6.07) is 1.82. The van der Waals surface area contributed by atoms with Crippen LogP contribution < -0.4 is 0 Å². The van der Waals surface area contributed by atoms with E-state index in [0.29, 0.717) is 0 Å². The Bertz CT molecular complexity index is 340. The fourth-order valence-electron chi connectivity index (χ4n) is 1.29. The van der Waals surface area contributed by atoms with E-state index in [-0.39, 0.29) is 5.92 Å². The third kappa shape index (κ3) is 1.80. The molecule has 13 heavy (non-hydrogen) atoms. The van der Waals surface area contributed by atoms with Gasteiger partial charge in [0.1, 0.15) is 5.82 Å². The van der Waals surface area contributed by atoms with Crippen LogP contribution in [0.2, 0.25) is 0 Å². The molecule has 1 atom stereocenters. The molecule has 3 nitrogen and oxygen atoms in total. The Labute approximate surface area is 77.3 Å². The Kier molecular flexibility index (Phi) is 2.17. The van der Waals surface area contributed by atoms with Crippen LogP contribution in [0.5, 0.6) is 0 Å². The Morgan fingerprint density at radius 1 is 1.31 bits per heavy atom. The van der Waals surface area contributed by atoms with Crippen molar-refractivity contribution in [1.82, 2.24) is 9.97 Å². The third-order valence-electron chi connectivity index (χ3n) is 2.04. The van der Waals surface area contributed by atoms with Crippen molar-refractivity contribution < 1.29 is 0 Å². The van der Waals surface area contributed by atoms with E-state index >= 15 is 0 Å². The summed E-state index contributed by atoms with van der Waals surface area (Å²) in [5.74, 6) is 1.11. The fourth-order valence-corrected chi connectivity index (χ4v) is 1.29. The van der Waals surface area contributed by atoms with Gasteiger partial charge in [-0.05, 0) is 19.4 Å². The lowest BCUT2D eigenvalue weighted by Crippen LogP contribution is -2.07. The molecule has 66 valence electrons. The van der Waals surface area contributed by atoms with Gasteiger partial charge < -0.3 is 0 Å². The molecule has 0 saturated carbocycles. The largest absolute Gasteiger partial charge is 0.266 e. The molecule has 0 aromatic carbocycles. The molecule has 0 saturated heterocycles. The van der Waals surface area contributed by atoms with E-state index < -0.39 is 0 Å². The highest BCUT2D eigenvalue weighted by Crippen LogP contribution is 2.19. The number of aliphatic imine (C=N–C) groups is 1. The van der Waals surface area contributed by atoms with Gasteiger partial charge in [-0.15, -0.1) is 0 Å². The quantitative estimate of drug-likeness (QED) is 0.650. The Morgan fingerprint density at radius 2 is 2.08 bits per heavy atom. The molecule has 1 aliphatic rings. The molecule has 0 amide bonds. The lowest BCUT2D eigenvalue weighted by molar-refractivity contribution is 0.807. The fraction of sp³-hybridized carbons (Fsp3) is 0.300. The summed E-state index contributed by atoms with van der Waals surface area (Å²) in [5.41, 5.74) is 1.08. The standard InChI is InChI=1S/C10H11N3/c1-8-3-4-9(7-13-8)10-11-5-2-6-12-10/h2-3,5-7,9H,4H2,1H3. The van der Waals surface area contributed by atoms with Crippen LogP contribution in [0.3, 0.4) is 0 Å². The predicted molar refractivity (Wildman–Crippen MR) is 51.6 cm³/mol. The molecule has 1 aliphatic heterocycles. The second-order valence-electron chi connectivity index (χ2n) is 3.07. The van der Waals surface area contributed by atoms with Gasteiger partial charge in [0.05, 0.1) is 5.92 Å². The lowest BCUT2D eigenvalue weighted by Gasteiger charge is -2.11. The van der Waals surface area contributed by atoms with Crippen molar-refractivity contribution in [2.45, 2.75) is 19.3 Å². The van der Waals surface area contributed by atoms with Crippen LogP contribution in [0.25, 0.3) is 0 Å². The summed E-state index contributed by atoms with van der Waals surface area (Å²) in [5, 5.41) is 0. The summed E-state index contributed by atoms with van der Waals surface area (Å²) in [6.07, 6.45) is 8.52. The molecule has 3 heteroatoms. The zero-order chi connectivity index (χ0) is 9.10. The normalized spacial score (nSPS) is 21.3. The van der Waals surface area contributed by atoms with E-state index in [0.717, 1.165) is 17.9 Å². The molecular formula is C10H11N3. The smallest absolute Gasteiger partial charge is 0.136 e. The van der Waals surface area contributed by atoms with Gasteiger partial charge in [-0.1, -0.05) is 6.08 Å². The monoisotopic (exact) mass is 173 g/mol. The number of aromatic nitrogens is 2. The van der Waals surface area contributed by atoms with Crippen molar-refractivity contribution in [2.75, 3.05) is 0 Å². The van der Waals surface area contributed by atoms with E-state index in [1.807, 2.05) is 19.2 Å². The van der Waals surface area contributed by atoms with Crippen molar-refractivity contribution in [3.8, 4) is 0 Å². The van der Waals surface area contributed by atoms with Gasteiger partial charge in [-0.3, -0.25) is 4.99 Å². The van der Waals surface area contributed by atoms with Crippen molar-refractivity contribution in [3.63, 3.8) is 0 Å². The molecule has 0 radical (unpaired) electrons. The van der Waals surface area contributed by atoms with Crippen LogP contribution in [0.15, 0.2) is 35.2 Å². The zero-order valence-corrected chi connectivity index (χ0v) is 7.51. The first-order chi connectivity index (χ1) is 6.36. The number of hydrogen-bond donors (Lipinski definition) is 0. The van der Waals surface area contributed by atoms with E-state index in [9.17, 15) is 0 Å². The number of rotatable bonds is 1. The van der Waals surface area contributed by atoms with Crippen LogP contribution in [0, 0.1) is 0 Å². The Hall–Kier alpha value is -1.51. The van der Waals surface area contributed by atoms with E-state index in [4.69, 9.17) is 0 Å². The zero-order valence-electron chi connectivity index (χ0n) is 7.51. The first-order valence-electron chi connectivity index (χ1n) is 4.34. The van der Waals surface area contributed by atoms with Gasteiger partial charge in [-0.2, -0.15) is 0 Å². The van der Waals surface area contributed by atoms with Crippen molar-refractivity contribution >= 4 is 6.21 Å². The van der Waals surface area contributed by atoms with Crippen LogP contribution in [-0.2, 0) is 0 Å². The molecule has 0 aliphatic carbocycles. The molecule has 1 aromatic rings. The summed E-state index contributed by atoms with van der Waals surface area (Å²) in [6.45, 7) is 2.00. The van der Waals surface area contributed by atoms with Gasteiger partial charge >= 0.3 is 0 Å². The number of allylic oxidation sites excluding steroid dienone is 2. The summed E-state index contributed by atoms with van der Waals surface area (Å²) < 4.78 is 0. The van der Waals surface area contributed by atoms with Gasteiger partial charge in [0.25, 0.3) is 0 Å². The average molecular weight is 173 g/mol. The predicted octanol–water partition coefficient (Wildman–Crippen LogP) is 1.94. The van der Waals surface area contributed by atoms with Crippen molar-refractivity contribution in [1.29, 1.82) is 0 Å². The maximum atomic E-state index is 4.24. The molecule has 2 heterocycles. The number of hydrogen-bond acceptors (Lipinski definition) is 3. The van der Waals surface area contributed by atoms with Gasteiger partial charge in [0, 0.05) is 24.3 Å². The minimum Gasteiger partial charge on any atom is -0.266 e. The number of nitrogens with zero attached hydrogens (tertiary/aromatic N) is 3. The van der Waals surface area contributed by atoms with E-state index in [1.165, 1.54) is 0 Å². The topological polar surface area (TPSA) is 38.1 Å². The minimum atomic E-state index is 0.255. The van der Waals surface area contributed by atoms with Crippen molar-refractivity contribution in [2.24, 2.45) is 4.99 Å². The molecule has 0 bridgehead atoms. The molecular weight excluding hydrogens is 162 g/mol. The Balaban J connectivity index is 2.18. The highest BCUT2D eigenvalue weighted by molar-refractivity contribution is 5.69. The van der Waals surface area contributed by atoms with Gasteiger partial charge in [0.2, 0.25) is 0 Å². The highest BCUT2D eigenvalue weighted by atomic mass is 14.9. The summed E-state index contributed by atoms with van der Waals surface area (Å²) in [4.78, 5) is 12.6. The van der Waals surface area contributed by atoms with Gasteiger partial charge in [0.15, 0.2) is 0 Å². The van der Waals surface area contributed by atoms with Crippen LogP contribution in [0.1, 0.15) is 25.1 Å². The van der Waals surface area contributed by atoms with E-state index in [2.05, 4.69) is 21.0 Å². The highest BCUT2D eigenvalue weighted by Gasteiger charge is 2.12. The Morgan fingerprint density at radius 3 is 2.69 bits per heavy atom. The van der Waals surface area contributed by atoms with Crippen LogP contribution >= 0.6 is 0 Å². The molecule has 0 spiro atoms. The molecule has 2 rings (SSSR count). The van der Waals surface area contributed by atoms with E-state index in [1.54, 1.807) is 12.4 Å². The second-order valence-corrected chi connectivity index (χ2v) is 3.07. The second kappa shape index (κ2) is 3.47. The van der Waals surface area contributed by atoms with Crippen LogP contribution in [0.4, 0.5) is 0 Å². The molecule has 0 fully saturated rings. The third-order valence-corrected chi connectivity index (χ3v) is 2.04. The van der Waals surface area contributed by atoms with Crippen LogP contribution in [-0.4, -0.2) is 16.2 Å². The molecule has 1 unspecified atom stereocenters.